The third-order valence-electron chi connectivity index (χ3n) is 8.61. The summed E-state index contributed by atoms with van der Waals surface area (Å²) in [7, 11) is 0. The van der Waals surface area contributed by atoms with Gasteiger partial charge in [0.2, 0.25) is 0 Å². The first-order valence-corrected chi connectivity index (χ1v) is 20.8. The number of hydrogen-bond donors (Lipinski definition) is 6. The van der Waals surface area contributed by atoms with Crippen LogP contribution in [-0.2, 0) is 18.9 Å². The van der Waals surface area contributed by atoms with Crippen LogP contribution in [0.3, 0.4) is 0 Å². The summed E-state index contributed by atoms with van der Waals surface area (Å²) in [6.07, 6.45) is -1.85. The van der Waals surface area contributed by atoms with Gasteiger partial charge in [-0.25, -0.2) is 24.2 Å². The number of halogens is 2. The number of alkyl carbamates (subject to hydrolysis) is 4. The molecule has 0 unspecified atom stereocenters. The molecule has 4 amide bonds. The van der Waals surface area contributed by atoms with Crippen LogP contribution >= 0.6 is 23.2 Å². The van der Waals surface area contributed by atoms with E-state index in [1.807, 2.05) is 9.80 Å². The number of nitrogens with one attached hydrogen (secondary N) is 5. The van der Waals surface area contributed by atoms with Crippen LogP contribution in [0.25, 0.3) is 0 Å². The van der Waals surface area contributed by atoms with E-state index in [1.54, 1.807) is 107 Å². The largest absolute Gasteiger partial charge is 0.444 e. The number of ether oxygens (including phenoxy) is 4. The van der Waals surface area contributed by atoms with Crippen LogP contribution in [0.5, 0.6) is 0 Å². The lowest BCUT2D eigenvalue weighted by atomic mass is 10.00. The zero-order chi connectivity index (χ0) is 45.0. The zero-order valence-electron chi connectivity index (χ0n) is 36.8. The summed E-state index contributed by atoms with van der Waals surface area (Å²) in [4.78, 5) is 61.1. The number of benzene rings is 1. The van der Waals surface area contributed by atoms with Crippen molar-refractivity contribution in [3.63, 3.8) is 0 Å². The van der Waals surface area contributed by atoms with Crippen molar-refractivity contribution in [1.29, 1.82) is 0 Å². The highest BCUT2D eigenvalue weighted by Gasteiger charge is 2.37. The molecule has 4 rings (SSSR count). The number of pyridine rings is 1. The van der Waals surface area contributed by atoms with Crippen molar-refractivity contribution in [1.82, 2.24) is 26.3 Å². The summed E-state index contributed by atoms with van der Waals surface area (Å²) in [5.41, 5.74) is 4.44. The van der Waals surface area contributed by atoms with Crippen molar-refractivity contribution in [2.45, 2.75) is 142 Å². The Kier molecular flexibility index (Phi) is 15.1. The fraction of sp³-hybridized carbons (Fsp3) is 0.634. The smallest absolute Gasteiger partial charge is 0.407 e. The van der Waals surface area contributed by atoms with E-state index in [-0.39, 0.29) is 47.9 Å². The molecule has 334 valence electrons. The number of aromatic nitrogens is 1. The first-order valence-electron chi connectivity index (χ1n) is 20.0. The SMILES string of the molecule is CC(C)(C)OC(=O)N[C@@H]1C[C@H](NC(=O)OC(C)(C)C)CN(c2nc(N3C[C@H](NC(=O)OC(C)(C)C)C[C@H](NC(=O)OC(C)(C)C)C3)c(Cl)c(Nc3ccc(N)cc3)c2Cl)C1. The molecule has 0 aliphatic carbocycles. The first-order chi connectivity index (χ1) is 27.5. The van der Waals surface area contributed by atoms with Crippen molar-refractivity contribution in [3.05, 3.63) is 34.3 Å². The van der Waals surface area contributed by atoms with E-state index in [1.165, 1.54) is 0 Å². The summed E-state index contributed by atoms with van der Waals surface area (Å²) < 4.78 is 22.3. The molecular formula is C41H63Cl2N9O8. The number of hydrogen-bond acceptors (Lipinski definition) is 13. The van der Waals surface area contributed by atoms with Crippen molar-refractivity contribution < 1.29 is 38.1 Å². The number of carbonyl (C=O) groups excluding carboxylic acids is 4. The fourth-order valence-electron chi connectivity index (χ4n) is 6.62. The van der Waals surface area contributed by atoms with Crippen LogP contribution in [0.2, 0.25) is 10.0 Å². The molecule has 2 aliphatic heterocycles. The predicted molar refractivity (Wildman–Crippen MR) is 235 cm³/mol. The molecular weight excluding hydrogens is 817 g/mol. The van der Waals surface area contributed by atoms with Gasteiger partial charge in [-0.15, -0.1) is 0 Å². The Balaban J connectivity index is 1.82. The molecule has 2 fully saturated rings. The van der Waals surface area contributed by atoms with Gasteiger partial charge in [0.05, 0.1) is 29.9 Å². The van der Waals surface area contributed by atoms with Gasteiger partial charge in [-0.2, -0.15) is 0 Å². The summed E-state index contributed by atoms with van der Waals surface area (Å²) >= 11 is 14.5. The average Bonchev–Trinajstić information content (AvgIpc) is 3.03. The maximum atomic E-state index is 13.1. The van der Waals surface area contributed by atoms with E-state index in [9.17, 15) is 19.2 Å². The highest BCUT2D eigenvalue weighted by Crippen LogP contribution is 2.45. The van der Waals surface area contributed by atoms with Gasteiger partial charge in [-0.05, 0) is 120 Å². The number of piperidine rings is 2. The number of anilines is 5. The molecule has 2 aromatic rings. The zero-order valence-corrected chi connectivity index (χ0v) is 38.3. The molecule has 1 aromatic carbocycles. The van der Waals surface area contributed by atoms with Crippen molar-refractivity contribution in [3.8, 4) is 0 Å². The van der Waals surface area contributed by atoms with Gasteiger partial charge in [-0.1, -0.05) is 23.2 Å². The normalized spacial score (nSPS) is 20.0. The first kappa shape index (κ1) is 47.9. The van der Waals surface area contributed by atoms with Crippen LogP contribution in [0, 0.1) is 0 Å². The Morgan fingerprint density at radius 3 is 1.12 bits per heavy atom. The summed E-state index contributed by atoms with van der Waals surface area (Å²) in [6.45, 7) is 22.1. The lowest BCUT2D eigenvalue weighted by Crippen LogP contribution is -2.59. The highest BCUT2D eigenvalue weighted by molar-refractivity contribution is 6.42. The van der Waals surface area contributed by atoms with Crippen LogP contribution in [0.4, 0.5) is 47.9 Å². The quantitative estimate of drug-likeness (QED) is 0.111. The Morgan fingerprint density at radius 2 is 0.850 bits per heavy atom. The van der Waals surface area contributed by atoms with E-state index in [0.29, 0.717) is 29.9 Å². The maximum absolute atomic E-state index is 13.1. The lowest BCUT2D eigenvalue weighted by Gasteiger charge is -2.41. The van der Waals surface area contributed by atoms with E-state index in [4.69, 9.17) is 52.9 Å². The third-order valence-corrected chi connectivity index (χ3v) is 9.32. The molecule has 0 bridgehead atoms. The van der Waals surface area contributed by atoms with E-state index < -0.39 is 70.9 Å². The van der Waals surface area contributed by atoms with Gasteiger partial charge in [0.25, 0.3) is 0 Å². The third kappa shape index (κ3) is 15.4. The molecule has 4 atom stereocenters. The summed E-state index contributed by atoms with van der Waals surface area (Å²) in [5, 5.41) is 15.4. The molecule has 0 saturated carbocycles. The Morgan fingerprint density at radius 1 is 0.567 bits per heavy atom. The molecule has 17 nitrogen and oxygen atoms in total. The van der Waals surface area contributed by atoms with Gasteiger partial charge < -0.3 is 61.1 Å². The second-order valence-electron chi connectivity index (χ2n) is 19.2. The van der Waals surface area contributed by atoms with Gasteiger partial charge in [0.1, 0.15) is 32.4 Å². The topological polar surface area (TPSA) is 211 Å². The fourth-order valence-corrected chi connectivity index (χ4v) is 7.27. The molecule has 2 saturated heterocycles. The van der Waals surface area contributed by atoms with Crippen molar-refractivity contribution >= 4 is 76.3 Å². The van der Waals surface area contributed by atoms with Crippen LogP contribution < -0.4 is 42.1 Å². The minimum absolute atomic E-state index is 0.151. The predicted octanol–water partition coefficient (Wildman–Crippen LogP) is 7.71. The van der Waals surface area contributed by atoms with Crippen molar-refractivity contribution in [2.24, 2.45) is 0 Å². The minimum atomic E-state index is -0.758. The number of carbonyl (C=O) groups is 4. The molecule has 19 heteroatoms. The maximum Gasteiger partial charge on any atom is 0.407 e. The van der Waals surface area contributed by atoms with Crippen LogP contribution in [0.15, 0.2) is 24.3 Å². The van der Waals surface area contributed by atoms with E-state index >= 15 is 0 Å². The molecule has 0 radical (unpaired) electrons. The molecule has 1 aromatic heterocycles. The number of amides is 4. The number of nitrogen functional groups attached to an aromatic ring is 1. The van der Waals surface area contributed by atoms with Gasteiger partial charge in [0, 0.05) is 37.6 Å². The number of nitrogens with zero attached hydrogens (tertiary/aromatic N) is 3. The monoisotopic (exact) mass is 879 g/mol. The van der Waals surface area contributed by atoms with Crippen LogP contribution in [-0.4, -0.2) is 102 Å². The minimum Gasteiger partial charge on any atom is -0.444 e. The molecule has 2 aliphatic rings. The summed E-state index contributed by atoms with van der Waals surface area (Å²) in [6, 6.07) is 4.82. The Hall–Kier alpha value is -4.77. The standard InChI is InChI=1S/C41H63Cl2N9O8/c1-38(2,3)57-34(53)46-25-17-26(47-35(54)58-39(4,5)6)20-51(19-25)32-29(42)31(45-24-15-13-23(44)14-16-24)30(43)33(50-32)52-21-27(48-36(55)59-40(7,8)9)18-28(22-52)49-37(56)60-41(10,11)12/h13-16,25-28H,17-22,44H2,1-12H3,(H,45,50)(H,46,53)(H,47,54)(H,48,55)(H,49,56)/t25-,26+,27-,28+. The summed E-state index contributed by atoms with van der Waals surface area (Å²) in [5.74, 6) is 0.555. The number of nitrogens with two attached hydrogens (primary N) is 1. The average molecular weight is 881 g/mol. The Labute approximate surface area is 363 Å². The van der Waals surface area contributed by atoms with Crippen molar-refractivity contribution in [2.75, 3.05) is 47.0 Å². The molecule has 3 heterocycles. The van der Waals surface area contributed by atoms with Gasteiger partial charge >= 0.3 is 24.4 Å². The van der Waals surface area contributed by atoms with E-state index in [2.05, 4.69) is 26.6 Å². The van der Waals surface area contributed by atoms with E-state index in [0.717, 1.165) is 0 Å². The second-order valence-corrected chi connectivity index (χ2v) is 19.9. The lowest BCUT2D eigenvalue weighted by molar-refractivity contribution is 0.0452. The van der Waals surface area contributed by atoms with Gasteiger partial charge in [0.15, 0.2) is 11.6 Å². The number of rotatable bonds is 8. The molecule has 60 heavy (non-hydrogen) atoms. The molecule has 7 N–H and O–H groups in total. The highest BCUT2D eigenvalue weighted by atomic mass is 35.5. The molecule has 0 spiro atoms. The van der Waals surface area contributed by atoms with Crippen LogP contribution in [0.1, 0.15) is 95.9 Å². The Bertz CT molecular complexity index is 1670. The van der Waals surface area contributed by atoms with Gasteiger partial charge in [-0.3, -0.25) is 0 Å². The second kappa shape index (κ2) is 18.9.